The summed E-state index contributed by atoms with van der Waals surface area (Å²) in [6, 6.07) is 15.5. The molecule has 10 rings (SSSR count). The molecule has 16 nitrogen and oxygen atoms in total. The largest absolute Gasteiger partial charge is 0.385 e. The van der Waals surface area contributed by atoms with Gasteiger partial charge in [0.05, 0.1) is 52.4 Å². The van der Waals surface area contributed by atoms with Crippen LogP contribution in [0.15, 0.2) is 67.0 Å². The Balaban J connectivity index is 0.802. The van der Waals surface area contributed by atoms with E-state index in [0.717, 1.165) is 53.0 Å². The standard InChI is InChI=1S/C46H48ClF2N11O5/c1-26(57-23-45(24-57)15-18-56(25-46(45,48)49)43(63)27-7-9-31(47)36(19-27)59-17-14-40(61)54-44(59)64)28-8-10-32(51-21-28)29-5-4-6-35-30(29)13-16-58(35)39-20-34(50-2)41-52-22-37(60(41)55-39)42(62)53-33-11-12-38(33)65-3/h4-10,19-22,26,33,38,50H,11-18,23-25H2,1-3H3,(H,53,62)(H,54,61,64)/t26-,33-,38-/m1/s1. The first kappa shape index (κ1) is 42.7. The Hall–Kier alpha value is -6.24. The van der Waals surface area contributed by atoms with Gasteiger partial charge < -0.3 is 25.2 Å². The summed E-state index contributed by atoms with van der Waals surface area (Å²) < 4.78 is 39.3. The molecule has 65 heavy (non-hydrogen) atoms. The van der Waals surface area contributed by atoms with Gasteiger partial charge in [0.2, 0.25) is 5.91 Å². The van der Waals surface area contributed by atoms with E-state index in [1.807, 2.05) is 49.3 Å². The molecule has 5 amide bonds. The van der Waals surface area contributed by atoms with Crippen molar-refractivity contribution in [2.24, 2.45) is 5.41 Å². The van der Waals surface area contributed by atoms with Crippen LogP contribution in [-0.4, -0.2) is 125 Å². The molecule has 1 spiro atoms. The summed E-state index contributed by atoms with van der Waals surface area (Å²) in [6.45, 7) is 2.53. The van der Waals surface area contributed by atoms with Crippen LogP contribution in [0.3, 0.4) is 0 Å². The van der Waals surface area contributed by atoms with Crippen LogP contribution in [0, 0.1) is 5.41 Å². The number of imide groups is 1. The summed E-state index contributed by atoms with van der Waals surface area (Å²) >= 11 is 6.36. The van der Waals surface area contributed by atoms with E-state index in [0.29, 0.717) is 23.7 Å². The topological polar surface area (TPSA) is 170 Å². The monoisotopic (exact) mass is 907 g/mol. The number of imidazole rings is 1. The molecule has 0 unspecified atom stereocenters. The molecule has 0 bridgehead atoms. The van der Waals surface area contributed by atoms with E-state index in [1.54, 1.807) is 17.8 Å². The Morgan fingerprint density at radius 2 is 1.77 bits per heavy atom. The number of fused-ring (bicyclic) bond motifs is 2. The first-order valence-corrected chi connectivity index (χ1v) is 22.2. The predicted octanol–water partition coefficient (Wildman–Crippen LogP) is 6.08. The fourth-order valence-electron chi connectivity index (χ4n) is 9.94. The van der Waals surface area contributed by atoms with Crippen LogP contribution in [0.25, 0.3) is 16.9 Å². The number of likely N-dealkylation sites (tertiary alicyclic amines) is 2. The molecule has 1 saturated carbocycles. The number of nitrogens with one attached hydrogen (secondary N) is 3. The van der Waals surface area contributed by atoms with Gasteiger partial charge in [-0.15, -0.1) is 5.10 Å². The number of aromatic nitrogens is 4. The number of carbonyl (C=O) groups is 4. The highest BCUT2D eigenvalue weighted by atomic mass is 35.5. The van der Waals surface area contributed by atoms with Gasteiger partial charge in [0, 0.05) is 88.4 Å². The third-order valence-corrected chi connectivity index (χ3v) is 14.4. The van der Waals surface area contributed by atoms with E-state index in [-0.39, 0.29) is 79.4 Å². The first-order chi connectivity index (χ1) is 31.3. The van der Waals surface area contributed by atoms with Gasteiger partial charge in [0.25, 0.3) is 17.7 Å². The van der Waals surface area contributed by atoms with Crippen LogP contribution >= 0.6 is 11.6 Å². The molecule has 338 valence electrons. The quantitative estimate of drug-likeness (QED) is 0.149. The fraction of sp³-hybridized carbons (Fsp3) is 0.413. The van der Waals surface area contributed by atoms with E-state index in [2.05, 4.69) is 38.0 Å². The molecule has 7 heterocycles. The van der Waals surface area contributed by atoms with Crippen molar-refractivity contribution in [2.75, 3.05) is 68.5 Å². The summed E-state index contributed by atoms with van der Waals surface area (Å²) in [5.74, 6) is -3.72. The van der Waals surface area contributed by atoms with Crippen molar-refractivity contribution in [3.05, 3.63) is 94.4 Å². The second kappa shape index (κ2) is 16.3. The molecule has 3 aromatic heterocycles. The molecular formula is C46H48ClF2N11O5. The van der Waals surface area contributed by atoms with Gasteiger partial charge >= 0.3 is 6.03 Å². The lowest BCUT2D eigenvalue weighted by Crippen LogP contribution is -2.70. The van der Waals surface area contributed by atoms with Gasteiger partial charge in [0.1, 0.15) is 0 Å². The minimum absolute atomic E-state index is 0.00638. The maximum atomic E-state index is 16.1. The Kier molecular flexibility index (Phi) is 10.7. The van der Waals surface area contributed by atoms with Crippen LogP contribution in [0.4, 0.5) is 36.5 Å². The third-order valence-electron chi connectivity index (χ3n) is 14.0. The number of ether oxygens (including phenoxy) is 1. The summed E-state index contributed by atoms with van der Waals surface area (Å²) in [5, 5.41) is 13.6. The van der Waals surface area contributed by atoms with Crippen molar-refractivity contribution in [3.63, 3.8) is 0 Å². The number of nitrogens with zero attached hydrogens (tertiary/aromatic N) is 8. The number of benzene rings is 2. The van der Waals surface area contributed by atoms with Crippen LogP contribution < -0.4 is 25.8 Å². The number of anilines is 4. The van der Waals surface area contributed by atoms with Gasteiger partial charge in [-0.3, -0.25) is 34.5 Å². The lowest BCUT2D eigenvalue weighted by molar-refractivity contribution is -0.225. The summed E-state index contributed by atoms with van der Waals surface area (Å²) in [6.07, 6.45) is 6.06. The minimum atomic E-state index is -3.14. The molecule has 2 aromatic carbocycles. The minimum Gasteiger partial charge on any atom is -0.385 e. The van der Waals surface area contributed by atoms with E-state index >= 15 is 8.78 Å². The van der Waals surface area contributed by atoms with Gasteiger partial charge in [-0.1, -0.05) is 29.8 Å². The van der Waals surface area contributed by atoms with Gasteiger partial charge in [-0.2, -0.15) is 0 Å². The maximum Gasteiger partial charge on any atom is 0.328 e. The van der Waals surface area contributed by atoms with Gasteiger partial charge in [-0.05, 0) is 74.1 Å². The SMILES string of the molecule is CNc1cc(N2CCc3c(-c4ccc([C@@H](C)N5CC6(CCN(C(=O)c7ccc(Cl)c(N8CCC(=O)NC8=O)c7)CC6(F)F)C5)cn4)cccc32)nn2c(C(=O)N[C@@H]3CC[C@H]3OC)cnc12. The maximum absolute atomic E-state index is 16.1. The highest BCUT2D eigenvalue weighted by Crippen LogP contribution is 2.52. The Morgan fingerprint density at radius 3 is 2.48 bits per heavy atom. The number of pyridine rings is 1. The molecule has 5 aromatic rings. The third kappa shape index (κ3) is 7.31. The molecule has 4 fully saturated rings. The molecule has 1 aliphatic carbocycles. The first-order valence-electron chi connectivity index (χ1n) is 21.9. The molecule has 3 saturated heterocycles. The lowest BCUT2D eigenvalue weighted by Gasteiger charge is -2.59. The summed E-state index contributed by atoms with van der Waals surface area (Å²) in [5.41, 5.74) is 5.51. The van der Waals surface area contributed by atoms with E-state index in [9.17, 15) is 19.2 Å². The zero-order valence-electron chi connectivity index (χ0n) is 36.1. The van der Waals surface area contributed by atoms with Crippen molar-refractivity contribution in [1.29, 1.82) is 0 Å². The number of amides is 5. The smallest absolute Gasteiger partial charge is 0.328 e. The predicted molar refractivity (Wildman–Crippen MR) is 239 cm³/mol. The highest BCUT2D eigenvalue weighted by Gasteiger charge is 2.63. The van der Waals surface area contributed by atoms with Crippen molar-refractivity contribution < 1.29 is 32.7 Å². The number of piperidine rings is 1. The lowest BCUT2D eigenvalue weighted by atomic mass is 9.68. The number of urea groups is 1. The molecule has 19 heteroatoms. The van der Waals surface area contributed by atoms with Crippen molar-refractivity contribution >= 4 is 63.9 Å². The van der Waals surface area contributed by atoms with Crippen molar-refractivity contribution in [1.82, 2.24) is 40.0 Å². The van der Waals surface area contributed by atoms with Crippen LogP contribution in [-0.2, 0) is 16.0 Å². The van der Waals surface area contributed by atoms with Crippen molar-refractivity contribution in [2.45, 2.75) is 63.1 Å². The second-order valence-corrected chi connectivity index (χ2v) is 18.0. The number of hydrogen-bond donors (Lipinski definition) is 3. The summed E-state index contributed by atoms with van der Waals surface area (Å²) in [7, 11) is 3.47. The Bertz CT molecular complexity index is 2740. The fourth-order valence-corrected chi connectivity index (χ4v) is 10.2. The molecule has 3 N–H and O–H groups in total. The number of hydrogen-bond acceptors (Lipinski definition) is 11. The van der Waals surface area contributed by atoms with E-state index < -0.39 is 35.7 Å². The Labute approximate surface area is 378 Å². The summed E-state index contributed by atoms with van der Waals surface area (Å²) in [4.78, 5) is 67.1. The van der Waals surface area contributed by atoms with Gasteiger partial charge in [0.15, 0.2) is 17.2 Å². The van der Waals surface area contributed by atoms with Crippen molar-refractivity contribution in [3.8, 4) is 11.3 Å². The average molecular weight is 908 g/mol. The molecular weight excluding hydrogens is 860 g/mol. The number of methoxy groups -OCH3 is 1. The molecule has 4 aliphatic heterocycles. The average Bonchev–Trinajstić information content (AvgIpc) is 3.92. The molecule has 5 aliphatic rings. The van der Waals surface area contributed by atoms with Crippen LogP contribution in [0.5, 0.6) is 0 Å². The molecule has 3 atom stereocenters. The van der Waals surface area contributed by atoms with Crippen LogP contribution in [0.2, 0.25) is 5.02 Å². The van der Waals surface area contributed by atoms with E-state index in [1.165, 1.54) is 28.0 Å². The normalized spacial score (nSPS) is 21.7. The van der Waals surface area contributed by atoms with E-state index in [4.69, 9.17) is 26.4 Å². The zero-order chi connectivity index (χ0) is 45.4. The number of alkyl halides is 2. The van der Waals surface area contributed by atoms with Gasteiger partial charge in [-0.25, -0.2) is 23.1 Å². The Morgan fingerprint density at radius 1 is 0.954 bits per heavy atom. The second-order valence-electron chi connectivity index (χ2n) is 17.6. The number of rotatable bonds is 10. The zero-order valence-corrected chi connectivity index (χ0v) is 36.9. The number of carbonyl (C=O) groups excluding carboxylic acids is 4. The molecule has 0 radical (unpaired) electrons. The highest BCUT2D eigenvalue weighted by molar-refractivity contribution is 6.34. The van der Waals surface area contributed by atoms with Crippen LogP contribution in [0.1, 0.15) is 70.6 Å². The number of halogens is 3.